The second-order valence-electron chi connectivity index (χ2n) is 8.83. The Morgan fingerprint density at radius 1 is 0.694 bits per heavy atom. The van der Waals surface area contributed by atoms with E-state index in [9.17, 15) is 9.59 Å². The van der Waals surface area contributed by atoms with Crippen LogP contribution in [0.25, 0.3) is 0 Å². The van der Waals surface area contributed by atoms with Crippen molar-refractivity contribution in [1.29, 1.82) is 0 Å². The molecule has 2 atom stereocenters. The maximum Gasteiger partial charge on any atom is 0.329 e. The Balaban J connectivity index is 1.10. The lowest BCUT2D eigenvalue weighted by Gasteiger charge is -2.23. The minimum absolute atomic E-state index is 0.174. The predicted molar refractivity (Wildman–Crippen MR) is 131 cm³/mol. The van der Waals surface area contributed by atoms with Crippen LogP contribution in [0.1, 0.15) is 36.8 Å². The summed E-state index contributed by atoms with van der Waals surface area (Å²) >= 11 is 0. The van der Waals surface area contributed by atoms with Crippen LogP contribution >= 0.6 is 0 Å². The number of anilines is 2. The van der Waals surface area contributed by atoms with Gasteiger partial charge in [-0.3, -0.25) is 0 Å². The monoisotopic (exact) mass is 488 g/mol. The quantitative estimate of drug-likeness (QED) is 0.439. The highest BCUT2D eigenvalue weighted by Gasteiger charge is 2.34. The van der Waals surface area contributed by atoms with Crippen molar-refractivity contribution in [3.63, 3.8) is 0 Å². The molecule has 0 saturated carbocycles. The van der Waals surface area contributed by atoms with Crippen molar-refractivity contribution in [3.05, 3.63) is 72.3 Å². The number of carbonyl (C=O) groups excluding carboxylic acids is 2. The van der Waals surface area contributed by atoms with E-state index in [0.29, 0.717) is 11.9 Å². The minimum atomic E-state index is -0.373. The van der Waals surface area contributed by atoms with Gasteiger partial charge in [-0.1, -0.05) is 24.3 Å². The molecule has 0 unspecified atom stereocenters. The Morgan fingerprint density at radius 2 is 1.08 bits per heavy atom. The molecule has 4 heterocycles. The van der Waals surface area contributed by atoms with Crippen molar-refractivity contribution in [1.82, 2.24) is 19.9 Å². The highest BCUT2D eigenvalue weighted by Crippen LogP contribution is 2.24. The van der Waals surface area contributed by atoms with Crippen molar-refractivity contribution in [2.45, 2.75) is 51.0 Å². The van der Waals surface area contributed by atoms with E-state index in [4.69, 9.17) is 9.47 Å². The molecule has 5 rings (SSSR count). The number of esters is 2. The number of rotatable bonds is 8. The van der Waals surface area contributed by atoms with E-state index in [1.165, 1.54) is 0 Å². The molecule has 1 aromatic carbocycles. The number of carbonyl (C=O) groups is 2. The van der Waals surface area contributed by atoms with Crippen molar-refractivity contribution in [2.24, 2.45) is 0 Å². The summed E-state index contributed by atoms with van der Waals surface area (Å²) in [6, 6.07) is 10.3. The second kappa shape index (κ2) is 11.1. The summed E-state index contributed by atoms with van der Waals surface area (Å²) in [7, 11) is 0. The molecule has 2 fully saturated rings. The zero-order chi connectivity index (χ0) is 24.7. The maximum atomic E-state index is 12.7. The van der Waals surface area contributed by atoms with Gasteiger partial charge in [0.25, 0.3) is 0 Å². The number of hydrogen-bond acceptors (Lipinski definition) is 10. The molecule has 2 aliphatic heterocycles. The van der Waals surface area contributed by atoms with Crippen molar-refractivity contribution < 1.29 is 19.1 Å². The molecule has 2 aromatic heterocycles. The zero-order valence-corrected chi connectivity index (χ0v) is 19.9. The lowest BCUT2D eigenvalue weighted by Crippen LogP contribution is -2.38. The fourth-order valence-electron chi connectivity index (χ4n) is 4.61. The van der Waals surface area contributed by atoms with Crippen LogP contribution in [0.4, 0.5) is 11.9 Å². The molecule has 2 aliphatic rings. The van der Waals surface area contributed by atoms with Crippen LogP contribution in [0.2, 0.25) is 0 Å². The van der Waals surface area contributed by atoms with E-state index in [2.05, 4.69) is 19.9 Å². The van der Waals surface area contributed by atoms with Gasteiger partial charge >= 0.3 is 11.9 Å². The van der Waals surface area contributed by atoms with E-state index in [-0.39, 0.29) is 37.2 Å². The normalized spacial score (nSPS) is 19.3. The standard InChI is InChI=1S/C26H28N6O4/c33-23(21-5-1-15-31(21)25-27-11-3-12-28-25)35-17-19-7-9-20(10-8-19)18-36-24(34)22-6-2-16-32(22)26-29-13-4-14-30-26/h3-4,7-14,21-22H,1-2,5-6,15-18H2/t21-,22+. The fraction of sp³-hybridized carbons (Fsp3) is 0.385. The molecular weight excluding hydrogens is 460 g/mol. The summed E-state index contributed by atoms with van der Waals surface area (Å²) in [5, 5.41) is 0. The van der Waals surface area contributed by atoms with Crippen LogP contribution in [-0.2, 0) is 32.3 Å². The van der Waals surface area contributed by atoms with Gasteiger partial charge in [0.2, 0.25) is 11.9 Å². The van der Waals surface area contributed by atoms with Crippen molar-refractivity contribution >= 4 is 23.8 Å². The van der Waals surface area contributed by atoms with Gasteiger partial charge in [0.05, 0.1) is 0 Å². The lowest BCUT2D eigenvalue weighted by molar-refractivity contribution is -0.147. The number of nitrogens with zero attached hydrogens (tertiary/aromatic N) is 6. The van der Waals surface area contributed by atoms with Gasteiger partial charge in [0.15, 0.2) is 0 Å². The largest absolute Gasteiger partial charge is 0.459 e. The molecule has 0 spiro atoms. The molecule has 0 bridgehead atoms. The highest BCUT2D eigenvalue weighted by molar-refractivity contribution is 5.80. The molecule has 36 heavy (non-hydrogen) atoms. The maximum absolute atomic E-state index is 12.7. The smallest absolute Gasteiger partial charge is 0.329 e. The number of hydrogen-bond donors (Lipinski definition) is 0. The van der Waals surface area contributed by atoms with E-state index >= 15 is 0 Å². The molecule has 186 valence electrons. The summed E-state index contributed by atoms with van der Waals surface area (Å²) in [4.78, 5) is 46.3. The lowest BCUT2D eigenvalue weighted by atomic mass is 10.1. The van der Waals surface area contributed by atoms with Crippen molar-refractivity contribution in [2.75, 3.05) is 22.9 Å². The first-order chi connectivity index (χ1) is 17.7. The Morgan fingerprint density at radius 3 is 1.47 bits per heavy atom. The highest BCUT2D eigenvalue weighted by atomic mass is 16.5. The Labute approximate surface area is 209 Å². The van der Waals surface area contributed by atoms with Crippen molar-refractivity contribution in [3.8, 4) is 0 Å². The van der Waals surface area contributed by atoms with Crippen LogP contribution in [0.5, 0.6) is 0 Å². The third-order valence-corrected chi connectivity index (χ3v) is 6.45. The third kappa shape index (κ3) is 5.42. The van der Waals surface area contributed by atoms with Crippen LogP contribution in [0, 0.1) is 0 Å². The summed E-state index contributed by atoms with van der Waals surface area (Å²) in [5.74, 6) is 0.545. The van der Waals surface area contributed by atoms with Gasteiger partial charge in [0, 0.05) is 37.9 Å². The minimum Gasteiger partial charge on any atom is -0.459 e. The SMILES string of the molecule is O=C(OCc1ccc(COC(=O)[C@@H]2CCCN2c2ncccn2)cc1)[C@H]1CCCN1c1ncccn1. The fourth-order valence-corrected chi connectivity index (χ4v) is 4.61. The molecule has 0 amide bonds. The molecule has 10 heteroatoms. The number of benzene rings is 1. The first-order valence-electron chi connectivity index (χ1n) is 12.2. The van der Waals surface area contributed by atoms with Gasteiger partial charge < -0.3 is 19.3 Å². The average Bonchev–Trinajstić information content (AvgIpc) is 3.63. The van der Waals surface area contributed by atoms with Gasteiger partial charge in [-0.25, -0.2) is 29.5 Å². The van der Waals surface area contributed by atoms with Gasteiger partial charge in [-0.15, -0.1) is 0 Å². The zero-order valence-electron chi connectivity index (χ0n) is 19.9. The topological polar surface area (TPSA) is 111 Å². The van der Waals surface area contributed by atoms with E-state index in [1.54, 1.807) is 36.9 Å². The van der Waals surface area contributed by atoms with Gasteiger partial charge in [0.1, 0.15) is 25.3 Å². The molecule has 0 radical (unpaired) electrons. The Bertz CT molecular complexity index is 1070. The van der Waals surface area contributed by atoms with Crippen LogP contribution in [-0.4, -0.2) is 57.0 Å². The molecule has 0 N–H and O–H groups in total. The Hall–Kier alpha value is -4.08. The second-order valence-corrected chi connectivity index (χ2v) is 8.83. The summed E-state index contributed by atoms with van der Waals surface area (Å²) in [6.07, 6.45) is 9.90. The molecule has 0 aliphatic carbocycles. The molecule has 3 aromatic rings. The van der Waals surface area contributed by atoms with Crippen LogP contribution in [0.3, 0.4) is 0 Å². The van der Waals surface area contributed by atoms with E-state index in [1.807, 2.05) is 34.1 Å². The third-order valence-electron chi connectivity index (χ3n) is 6.45. The first kappa shape index (κ1) is 23.7. The summed E-state index contributed by atoms with van der Waals surface area (Å²) < 4.78 is 11.2. The van der Waals surface area contributed by atoms with Gasteiger partial charge in [-0.05, 0) is 48.9 Å². The van der Waals surface area contributed by atoms with Crippen LogP contribution < -0.4 is 9.80 Å². The Kier molecular flexibility index (Phi) is 7.30. The number of aromatic nitrogens is 4. The first-order valence-corrected chi connectivity index (χ1v) is 12.2. The summed E-state index contributed by atoms with van der Waals surface area (Å²) in [6.45, 7) is 1.81. The summed E-state index contributed by atoms with van der Waals surface area (Å²) in [5.41, 5.74) is 1.73. The number of ether oxygens (including phenoxy) is 2. The molecular formula is C26H28N6O4. The van der Waals surface area contributed by atoms with E-state index < -0.39 is 0 Å². The molecule has 10 nitrogen and oxygen atoms in total. The van der Waals surface area contributed by atoms with Crippen LogP contribution in [0.15, 0.2) is 61.2 Å². The van der Waals surface area contributed by atoms with Gasteiger partial charge in [-0.2, -0.15) is 0 Å². The average molecular weight is 489 g/mol. The molecule has 2 saturated heterocycles. The van der Waals surface area contributed by atoms with E-state index in [0.717, 1.165) is 49.9 Å². The predicted octanol–water partition coefficient (Wildman–Crippen LogP) is 2.69.